The second kappa shape index (κ2) is 6.78. The summed E-state index contributed by atoms with van der Waals surface area (Å²) in [7, 11) is 0. The fraction of sp³-hybridized carbons (Fsp3) is 0.667. The molecule has 21 heavy (non-hydrogen) atoms. The van der Waals surface area contributed by atoms with Crippen LogP contribution in [0.4, 0.5) is 10.1 Å². The molecule has 1 fully saturated rings. The van der Waals surface area contributed by atoms with E-state index in [0.29, 0.717) is 18.0 Å². The van der Waals surface area contributed by atoms with Gasteiger partial charge in [-0.05, 0) is 36.8 Å². The van der Waals surface area contributed by atoms with Crippen LogP contribution in [0, 0.1) is 11.2 Å². The van der Waals surface area contributed by atoms with Crippen LogP contribution in [0.1, 0.15) is 52.5 Å². The first-order chi connectivity index (χ1) is 9.89. The molecule has 2 rings (SSSR count). The predicted molar refractivity (Wildman–Crippen MR) is 88.2 cm³/mol. The highest BCUT2D eigenvalue weighted by molar-refractivity contribution is 5.54. The summed E-state index contributed by atoms with van der Waals surface area (Å²) < 4.78 is 14.2. The molecular formula is C18H29FN2. The third-order valence-corrected chi connectivity index (χ3v) is 4.46. The summed E-state index contributed by atoms with van der Waals surface area (Å²) in [5.74, 6) is -0.0934. The fourth-order valence-electron chi connectivity index (χ4n) is 2.99. The molecule has 0 atom stereocenters. The van der Waals surface area contributed by atoms with Gasteiger partial charge in [0, 0.05) is 36.9 Å². The maximum atomic E-state index is 14.2. The molecule has 1 aliphatic heterocycles. The minimum Gasteiger partial charge on any atom is -0.371 e. The topological polar surface area (TPSA) is 15.3 Å². The number of rotatable bonds is 4. The van der Waals surface area contributed by atoms with Crippen molar-refractivity contribution in [3.63, 3.8) is 0 Å². The SMILES string of the molecule is CC(C)NCc1c(F)cccc1N1CCCC(C)(C)CC1. The first-order valence-electron chi connectivity index (χ1n) is 8.15. The minimum absolute atomic E-state index is 0.0934. The quantitative estimate of drug-likeness (QED) is 0.888. The highest BCUT2D eigenvalue weighted by atomic mass is 19.1. The molecule has 3 heteroatoms. The number of halogens is 1. The Bertz CT molecular complexity index is 468. The molecule has 0 spiro atoms. The van der Waals surface area contributed by atoms with Crippen molar-refractivity contribution in [2.45, 2.75) is 59.5 Å². The number of hydrogen-bond acceptors (Lipinski definition) is 2. The van der Waals surface area contributed by atoms with Gasteiger partial charge in [0.25, 0.3) is 0 Å². The van der Waals surface area contributed by atoms with Gasteiger partial charge in [-0.15, -0.1) is 0 Å². The molecule has 0 radical (unpaired) electrons. The Morgan fingerprint density at radius 2 is 2.00 bits per heavy atom. The highest BCUT2D eigenvalue weighted by Gasteiger charge is 2.24. The van der Waals surface area contributed by atoms with Crippen molar-refractivity contribution in [2.75, 3.05) is 18.0 Å². The summed E-state index contributed by atoms with van der Waals surface area (Å²) >= 11 is 0. The van der Waals surface area contributed by atoms with Crippen molar-refractivity contribution < 1.29 is 4.39 Å². The Labute approximate surface area is 128 Å². The van der Waals surface area contributed by atoms with E-state index in [1.54, 1.807) is 6.07 Å². The summed E-state index contributed by atoms with van der Waals surface area (Å²) in [6.45, 7) is 11.5. The molecule has 1 aromatic rings. The van der Waals surface area contributed by atoms with Crippen molar-refractivity contribution in [1.29, 1.82) is 0 Å². The van der Waals surface area contributed by atoms with E-state index >= 15 is 0 Å². The van der Waals surface area contributed by atoms with E-state index in [1.165, 1.54) is 19.3 Å². The van der Waals surface area contributed by atoms with Crippen LogP contribution in [0.2, 0.25) is 0 Å². The molecule has 1 N–H and O–H groups in total. The monoisotopic (exact) mass is 292 g/mol. The van der Waals surface area contributed by atoms with Gasteiger partial charge in [-0.3, -0.25) is 0 Å². The zero-order valence-electron chi connectivity index (χ0n) is 13.9. The molecule has 2 nitrogen and oxygen atoms in total. The van der Waals surface area contributed by atoms with Crippen LogP contribution in [-0.4, -0.2) is 19.1 Å². The van der Waals surface area contributed by atoms with E-state index in [0.717, 1.165) is 24.3 Å². The summed E-state index contributed by atoms with van der Waals surface area (Å²) in [5, 5.41) is 3.35. The lowest BCUT2D eigenvalue weighted by Crippen LogP contribution is -2.29. The van der Waals surface area contributed by atoms with Crippen molar-refractivity contribution >= 4 is 5.69 Å². The lowest BCUT2D eigenvalue weighted by atomic mass is 9.85. The number of nitrogens with zero attached hydrogens (tertiary/aromatic N) is 1. The standard InChI is InChI=1S/C18H29FN2/c1-14(2)20-13-15-16(19)7-5-8-17(15)21-11-6-9-18(3,4)10-12-21/h5,7-8,14,20H,6,9-13H2,1-4H3. The zero-order valence-corrected chi connectivity index (χ0v) is 13.9. The summed E-state index contributed by atoms with van der Waals surface area (Å²) in [6, 6.07) is 5.83. The average molecular weight is 292 g/mol. The smallest absolute Gasteiger partial charge is 0.129 e. The lowest BCUT2D eigenvalue weighted by Gasteiger charge is -2.27. The number of benzene rings is 1. The minimum atomic E-state index is -0.0934. The predicted octanol–water partition coefficient (Wildman–Crippen LogP) is 4.34. The molecule has 1 aliphatic rings. The van der Waals surface area contributed by atoms with Gasteiger partial charge in [-0.25, -0.2) is 4.39 Å². The van der Waals surface area contributed by atoms with Gasteiger partial charge in [0.05, 0.1) is 0 Å². The van der Waals surface area contributed by atoms with E-state index in [1.807, 2.05) is 6.07 Å². The Morgan fingerprint density at radius 1 is 1.24 bits per heavy atom. The van der Waals surface area contributed by atoms with E-state index in [-0.39, 0.29) is 5.82 Å². The van der Waals surface area contributed by atoms with Crippen LogP contribution in [0.25, 0.3) is 0 Å². The van der Waals surface area contributed by atoms with Gasteiger partial charge < -0.3 is 10.2 Å². The van der Waals surface area contributed by atoms with Gasteiger partial charge in [-0.1, -0.05) is 33.8 Å². The fourth-order valence-corrected chi connectivity index (χ4v) is 2.99. The van der Waals surface area contributed by atoms with Gasteiger partial charge in [0.2, 0.25) is 0 Å². The number of anilines is 1. The van der Waals surface area contributed by atoms with Crippen LogP contribution < -0.4 is 10.2 Å². The third-order valence-electron chi connectivity index (χ3n) is 4.46. The molecule has 0 bridgehead atoms. The lowest BCUT2D eigenvalue weighted by molar-refractivity contribution is 0.325. The van der Waals surface area contributed by atoms with Crippen molar-refractivity contribution in [2.24, 2.45) is 5.41 Å². The normalized spacial score (nSPS) is 18.9. The molecule has 0 aromatic heterocycles. The maximum Gasteiger partial charge on any atom is 0.129 e. The maximum absolute atomic E-state index is 14.2. The molecule has 0 amide bonds. The molecule has 0 aliphatic carbocycles. The Kier molecular flexibility index (Phi) is 5.26. The molecular weight excluding hydrogens is 263 g/mol. The molecule has 1 aromatic carbocycles. The average Bonchev–Trinajstić information content (AvgIpc) is 2.58. The highest BCUT2D eigenvalue weighted by Crippen LogP contribution is 2.33. The Balaban J connectivity index is 2.20. The summed E-state index contributed by atoms with van der Waals surface area (Å²) in [4.78, 5) is 2.37. The van der Waals surface area contributed by atoms with Gasteiger partial charge in [-0.2, -0.15) is 0 Å². The largest absolute Gasteiger partial charge is 0.371 e. The van der Waals surface area contributed by atoms with E-state index < -0.39 is 0 Å². The van der Waals surface area contributed by atoms with Crippen molar-refractivity contribution in [3.8, 4) is 0 Å². The van der Waals surface area contributed by atoms with Crippen molar-refractivity contribution in [3.05, 3.63) is 29.6 Å². The van der Waals surface area contributed by atoms with E-state index in [9.17, 15) is 4.39 Å². The second-order valence-electron chi connectivity index (χ2n) is 7.28. The van der Waals surface area contributed by atoms with Gasteiger partial charge in [0.15, 0.2) is 0 Å². The van der Waals surface area contributed by atoms with E-state index in [4.69, 9.17) is 0 Å². The molecule has 0 unspecified atom stereocenters. The third kappa shape index (κ3) is 4.44. The Morgan fingerprint density at radius 3 is 2.71 bits per heavy atom. The van der Waals surface area contributed by atoms with Gasteiger partial charge >= 0.3 is 0 Å². The van der Waals surface area contributed by atoms with Crippen molar-refractivity contribution in [1.82, 2.24) is 5.32 Å². The molecule has 1 saturated heterocycles. The summed E-state index contributed by atoms with van der Waals surface area (Å²) in [6.07, 6.45) is 3.60. The number of hydrogen-bond donors (Lipinski definition) is 1. The molecule has 1 heterocycles. The Hall–Kier alpha value is -1.09. The number of nitrogens with one attached hydrogen (secondary N) is 1. The summed E-state index contributed by atoms with van der Waals surface area (Å²) in [5.41, 5.74) is 2.28. The van der Waals surface area contributed by atoms with Crippen LogP contribution >= 0.6 is 0 Å². The van der Waals surface area contributed by atoms with Crippen LogP contribution in [0.15, 0.2) is 18.2 Å². The van der Waals surface area contributed by atoms with Gasteiger partial charge in [0.1, 0.15) is 5.82 Å². The first kappa shape index (κ1) is 16.3. The molecule has 118 valence electrons. The van der Waals surface area contributed by atoms with Crippen LogP contribution in [-0.2, 0) is 6.54 Å². The van der Waals surface area contributed by atoms with Crippen LogP contribution in [0.3, 0.4) is 0 Å². The second-order valence-corrected chi connectivity index (χ2v) is 7.28. The zero-order chi connectivity index (χ0) is 15.5. The first-order valence-corrected chi connectivity index (χ1v) is 8.15. The molecule has 0 saturated carbocycles. The van der Waals surface area contributed by atoms with E-state index in [2.05, 4.69) is 44.0 Å². The van der Waals surface area contributed by atoms with Crippen LogP contribution in [0.5, 0.6) is 0 Å².